The average Bonchev–Trinajstić information content (AvgIpc) is 3.13. The minimum atomic E-state index is -2.48. The van der Waals surface area contributed by atoms with Crippen LogP contribution in [0.5, 0.6) is 0 Å². The molecule has 2 aromatic heterocycles. The van der Waals surface area contributed by atoms with Gasteiger partial charge in [0.05, 0.1) is 2.74 Å². The monoisotopic (exact) mass is 710 g/mol. The smallest absolute Gasteiger partial charge is 0.120 e. The third-order valence-corrected chi connectivity index (χ3v) is 7.26. The van der Waals surface area contributed by atoms with Crippen molar-refractivity contribution in [3.63, 3.8) is 0 Å². The molecule has 0 spiro atoms. The Morgan fingerprint density at radius 1 is 0.925 bits per heavy atom. The number of para-hydroxylation sites is 1. The van der Waals surface area contributed by atoms with Crippen LogP contribution in [0, 0.1) is 30.8 Å². The van der Waals surface area contributed by atoms with Crippen LogP contribution in [0.1, 0.15) is 63.4 Å². The van der Waals surface area contributed by atoms with Crippen LogP contribution in [-0.4, -0.2) is 10.7 Å². The van der Waals surface area contributed by atoms with Gasteiger partial charge in [0.15, 0.2) is 0 Å². The standard InChI is InChI=1S/C18H14NO.C18H22N.Ir/c1-14-10-11-17(19-12-14)16-8-3-2-6-15-7-4-5-9-18(15)20-13-16;1-14-12-18(16-10-6-3-7-11-16)19-13-17(14)15-8-4-2-5-9-15;/h2-7,9-13H,1H3;3,6-7,10,13-15H,2,4-5,8-9,12H2,1H3;/q2*-1;/i1D3,10D,11D;;. The third kappa shape index (κ3) is 7.87. The first kappa shape index (κ1) is 23.4. The van der Waals surface area contributed by atoms with E-state index in [4.69, 9.17) is 16.3 Å². The Bertz CT molecular complexity index is 1710. The van der Waals surface area contributed by atoms with Crippen LogP contribution in [0.2, 0.25) is 0 Å². The summed E-state index contributed by atoms with van der Waals surface area (Å²) >= 11 is 0. The van der Waals surface area contributed by atoms with Gasteiger partial charge in [0.2, 0.25) is 0 Å². The van der Waals surface area contributed by atoms with Crippen molar-refractivity contribution in [2.24, 2.45) is 16.8 Å². The Morgan fingerprint density at radius 3 is 2.50 bits per heavy atom. The van der Waals surface area contributed by atoms with Gasteiger partial charge in [-0.2, -0.15) is 0 Å². The van der Waals surface area contributed by atoms with E-state index in [1.54, 1.807) is 17.7 Å². The molecule has 0 N–H and O–H groups in total. The van der Waals surface area contributed by atoms with E-state index in [1.807, 2.05) is 42.5 Å². The summed E-state index contributed by atoms with van der Waals surface area (Å²) in [5.41, 5.74) is 4.84. The van der Waals surface area contributed by atoms with Crippen molar-refractivity contribution in [2.45, 2.75) is 52.3 Å². The number of aromatic nitrogens is 1. The number of allylic oxidation sites excluding steroid dienone is 1. The molecule has 0 bridgehead atoms. The molecule has 4 aromatic rings. The summed E-state index contributed by atoms with van der Waals surface area (Å²) in [6, 6.07) is 26.5. The van der Waals surface area contributed by atoms with Gasteiger partial charge in [0.1, 0.15) is 5.58 Å². The summed E-state index contributed by atoms with van der Waals surface area (Å²) in [6.07, 6.45) is 12.7. The first-order valence-electron chi connectivity index (χ1n) is 16.2. The number of aryl methyl sites for hydroxylation is 1. The summed E-state index contributed by atoms with van der Waals surface area (Å²) in [5, 5.41) is 0.885. The van der Waals surface area contributed by atoms with Crippen molar-refractivity contribution in [3.05, 3.63) is 126 Å². The van der Waals surface area contributed by atoms with Crippen LogP contribution in [0.4, 0.5) is 0 Å². The Labute approximate surface area is 259 Å². The van der Waals surface area contributed by atoms with E-state index >= 15 is 0 Å². The van der Waals surface area contributed by atoms with E-state index in [-0.39, 0.29) is 43.4 Å². The largest absolute Gasteiger partial charge is 0.508 e. The molecule has 0 saturated heterocycles. The molecule has 1 fully saturated rings. The second-order valence-electron chi connectivity index (χ2n) is 10.0. The number of fused-ring (bicyclic) bond motifs is 1. The first-order chi connectivity index (χ1) is 21.2. The van der Waals surface area contributed by atoms with Crippen molar-refractivity contribution >= 4 is 16.7 Å². The molecular formula is C36H36IrN2O-2. The van der Waals surface area contributed by atoms with Crippen LogP contribution in [0.25, 0.3) is 22.2 Å². The van der Waals surface area contributed by atoms with Crippen molar-refractivity contribution < 1.29 is 31.4 Å². The molecule has 6 rings (SSSR count). The Kier molecular flexibility index (Phi) is 8.70. The van der Waals surface area contributed by atoms with Crippen LogP contribution in [-0.2, 0) is 20.1 Å². The third-order valence-electron chi connectivity index (χ3n) is 7.26. The number of hydrogen-bond donors (Lipinski definition) is 0. The van der Waals surface area contributed by atoms with Crippen LogP contribution >= 0.6 is 0 Å². The van der Waals surface area contributed by atoms with Gasteiger partial charge in [-0.1, -0.05) is 68.1 Å². The van der Waals surface area contributed by atoms with E-state index in [9.17, 15) is 0 Å². The number of benzene rings is 2. The summed E-state index contributed by atoms with van der Waals surface area (Å²) in [5.74, 6) is 1.44. The fourth-order valence-electron chi connectivity index (χ4n) is 5.19. The van der Waals surface area contributed by atoms with Crippen molar-refractivity contribution in [3.8, 4) is 11.3 Å². The zero-order chi connectivity index (χ0) is 31.1. The predicted molar refractivity (Wildman–Crippen MR) is 161 cm³/mol. The SMILES string of the molecule is CC1CC(c2[c-]cccc2)=NC=C1C1CCCCC1.[2H]c1c(C([2H])([2H])[2H])cnc(-c2[c-]cccc3ccccc3oc2)c1[2H].[Ir]. The van der Waals surface area contributed by atoms with Gasteiger partial charge < -0.3 is 14.4 Å². The number of aliphatic imine (C=N–C) groups is 1. The maximum atomic E-state index is 8.11. The van der Waals surface area contributed by atoms with Crippen molar-refractivity contribution in [2.75, 3.05) is 0 Å². The van der Waals surface area contributed by atoms with Gasteiger partial charge in [-0.05, 0) is 66.6 Å². The fraction of sp³-hybridized carbons (Fsp3) is 0.278. The molecule has 3 heterocycles. The van der Waals surface area contributed by atoms with E-state index in [2.05, 4.69) is 42.4 Å². The molecular weight excluding hydrogens is 669 g/mol. The molecule has 0 amide bonds. The molecule has 1 unspecified atom stereocenters. The van der Waals surface area contributed by atoms with E-state index in [1.165, 1.54) is 44.1 Å². The van der Waals surface area contributed by atoms with Gasteiger partial charge >= 0.3 is 0 Å². The summed E-state index contributed by atoms with van der Waals surface area (Å²) in [7, 11) is 0. The summed E-state index contributed by atoms with van der Waals surface area (Å²) in [6.45, 7) is -0.124. The molecule has 1 radical (unpaired) electrons. The maximum Gasteiger partial charge on any atom is 0.120 e. The average molecular weight is 710 g/mol. The van der Waals surface area contributed by atoms with Gasteiger partial charge in [0, 0.05) is 48.3 Å². The normalized spacial score (nSPS) is 19.0. The molecule has 1 saturated carbocycles. The second kappa shape index (κ2) is 14.9. The predicted octanol–water partition coefficient (Wildman–Crippen LogP) is 9.51. The van der Waals surface area contributed by atoms with Gasteiger partial charge in [-0.25, -0.2) is 0 Å². The van der Waals surface area contributed by atoms with Crippen molar-refractivity contribution in [1.82, 2.24) is 4.98 Å². The molecule has 1 atom stereocenters. The summed E-state index contributed by atoms with van der Waals surface area (Å²) < 4.78 is 44.0. The minimum Gasteiger partial charge on any atom is -0.508 e. The van der Waals surface area contributed by atoms with Crippen LogP contribution in [0.15, 0.2) is 112 Å². The topological polar surface area (TPSA) is 38.4 Å². The molecule has 1 aliphatic carbocycles. The minimum absolute atomic E-state index is 0. The molecule has 40 heavy (non-hydrogen) atoms. The summed E-state index contributed by atoms with van der Waals surface area (Å²) in [4.78, 5) is 8.80. The fourth-order valence-corrected chi connectivity index (χ4v) is 5.19. The molecule has 4 heteroatoms. The van der Waals surface area contributed by atoms with Gasteiger partial charge in [-0.3, -0.25) is 0 Å². The zero-order valence-corrected chi connectivity index (χ0v) is 25.0. The molecule has 2 aliphatic rings. The van der Waals surface area contributed by atoms with Crippen LogP contribution < -0.4 is 0 Å². The molecule has 3 nitrogen and oxygen atoms in total. The molecule has 2 aromatic carbocycles. The number of nitrogens with zero attached hydrogens (tertiary/aromatic N) is 2. The van der Waals surface area contributed by atoms with E-state index < -0.39 is 6.85 Å². The Hall–Kier alpha value is -3.33. The molecule has 1 aliphatic heterocycles. The zero-order valence-electron chi connectivity index (χ0n) is 27.6. The van der Waals surface area contributed by atoms with Crippen LogP contribution in [0.3, 0.4) is 0 Å². The van der Waals surface area contributed by atoms with Gasteiger partial charge in [-0.15, -0.1) is 54.1 Å². The maximum absolute atomic E-state index is 8.11. The quantitative estimate of drug-likeness (QED) is 0.199. The first-order valence-corrected chi connectivity index (χ1v) is 13.7. The number of rotatable bonds is 3. The number of hydrogen-bond acceptors (Lipinski definition) is 3. The van der Waals surface area contributed by atoms with E-state index in [0.29, 0.717) is 17.1 Å². The Morgan fingerprint density at radius 2 is 1.70 bits per heavy atom. The second-order valence-corrected chi connectivity index (χ2v) is 10.0. The number of pyridine rings is 1. The van der Waals surface area contributed by atoms with E-state index in [0.717, 1.165) is 29.5 Å². The van der Waals surface area contributed by atoms with Crippen molar-refractivity contribution in [1.29, 1.82) is 0 Å². The Balaban J connectivity index is 0.000000207. The molecule has 207 valence electrons. The van der Waals surface area contributed by atoms with Gasteiger partial charge in [0.25, 0.3) is 0 Å².